The van der Waals surface area contributed by atoms with E-state index >= 15 is 0 Å². The maximum Gasteiger partial charge on any atom is 0.305 e. The van der Waals surface area contributed by atoms with E-state index in [2.05, 4.69) is 55.6 Å². The van der Waals surface area contributed by atoms with Crippen LogP contribution >= 0.6 is 0 Å². The van der Waals surface area contributed by atoms with Gasteiger partial charge in [-0.25, -0.2) is 0 Å². The summed E-state index contributed by atoms with van der Waals surface area (Å²) in [4.78, 5) is 24.5. The molecule has 2 atom stereocenters. The first-order chi connectivity index (χ1) is 33.5. The van der Waals surface area contributed by atoms with Gasteiger partial charge in [-0.05, 0) is 89.9 Å². The van der Waals surface area contributed by atoms with Crippen LogP contribution in [0.15, 0.2) is 36.5 Å². The topological polar surface area (TPSA) is 95.9 Å². The van der Waals surface area contributed by atoms with Crippen molar-refractivity contribution in [2.75, 3.05) is 13.2 Å². The Morgan fingerprint density at radius 3 is 1.13 bits per heavy atom. The maximum atomic E-state index is 12.5. The lowest BCUT2D eigenvalue weighted by molar-refractivity contribution is -0.143. The zero-order valence-corrected chi connectivity index (χ0v) is 45.6. The highest BCUT2D eigenvalue weighted by Crippen LogP contribution is 2.17. The van der Waals surface area contributed by atoms with Crippen molar-refractivity contribution in [2.24, 2.45) is 0 Å². The van der Waals surface area contributed by atoms with Crippen molar-refractivity contribution in [3.05, 3.63) is 36.5 Å². The molecule has 0 spiro atoms. The molecule has 3 N–H and O–H groups in total. The van der Waals surface area contributed by atoms with E-state index in [0.717, 1.165) is 83.5 Å². The van der Waals surface area contributed by atoms with Crippen LogP contribution in [-0.4, -0.2) is 47.4 Å². The van der Waals surface area contributed by atoms with Gasteiger partial charge in [-0.2, -0.15) is 0 Å². The molecule has 0 rings (SSSR count). The van der Waals surface area contributed by atoms with Crippen molar-refractivity contribution in [1.82, 2.24) is 5.32 Å². The molecule has 0 saturated heterocycles. The lowest BCUT2D eigenvalue weighted by atomic mass is 10.0. The minimum atomic E-state index is -0.676. The van der Waals surface area contributed by atoms with Gasteiger partial charge in [0.2, 0.25) is 5.91 Å². The summed E-state index contributed by atoms with van der Waals surface area (Å²) in [6.07, 6.45) is 71.4. The van der Waals surface area contributed by atoms with E-state index in [0.29, 0.717) is 25.9 Å². The van der Waals surface area contributed by atoms with Crippen LogP contribution in [0.5, 0.6) is 0 Å². The number of aliphatic hydroxyl groups is 2. The van der Waals surface area contributed by atoms with Gasteiger partial charge in [0.1, 0.15) is 0 Å². The third kappa shape index (κ3) is 53.4. The molecule has 0 fully saturated rings. The molecular weight excluding hydrogens is 839 g/mol. The first-order valence-corrected chi connectivity index (χ1v) is 30.2. The molecular formula is C62H117NO5. The summed E-state index contributed by atoms with van der Waals surface area (Å²) in [6.45, 7) is 4.91. The van der Waals surface area contributed by atoms with E-state index in [9.17, 15) is 19.8 Å². The first kappa shape index (κ1) is 66.1. The third-order valence-electron chi connectivity index (χ3n) is 13.9. The largest absolute Gasteiger partial charge is 0.466 e. The number of carbonyl (C=O) groups is 2. The summed E-state index contributed by atoms with van der Waals surface area (Å²) < 4.78 is 5.45. The fourth-order valence-electron chi connectivity index (χ4n) is 9.25. The number of aliphatic hydroxyl groups excluding tert-OH is 2. The van der Waals surface area contributed by atoms with Crippen LogP contribution in [0.1, 0.15) is 322 Å². The third-order valence-corrected chi connectivity index (χ3v) is 13.9. The van der Waals surface area contributed by atoms with Gasteiger partial charge in [-0.1, -0.05) is 256 Å². The normalized spacial score (nSPS) is 12.8. The monoisotopic (exact) mass is 956 g/mol. The van der Waals surface area contributed by atoms with Gasteiger partial charge in [0.15, 0.2) is 0 Å². The molecule has 0 saturated carbocycles. The second-order valence-corrected chi connectivity index (χ2v) is 20.7. The highest BCUT2D eigenvalue weighted by molar-refractivity contribution is 5.76. The molecule has 0 aromatic carbocycles. The number of allylic oxidation sites excluding steroid dienone is 6. The second-order valence-electron chi connectivity index (χ2n) is 20.7. The van der Waals surface area contributed by atoms with Gasteiger partial charge < -0.3 is 20.3 Å². The Kier molecular flexibility index (Phi) is 56.0. The van der Waals surface area contributed by atoms with Gasteiger partial charge in [0.05, 0.1) is 25.4 Å². The van der Waals surface area contributed by atoms with Gasteiger partial charge in [-0.3, -0.25) is 9.59 Å². The molecule has 6 heteroatoms. The predicted octanol–water partition coefficient (Wildman–Crippen LogP) is 18.8. The number of rotatable bonds is 56. The molecule has 0 aliphatic carbocycles. The highest BCUT2D eigenvalue weighted by Gasteiger charge is 2.20. The van der Waals surface area contributed by atoms with Gasteiger partial charge in [-0.15, -0.1) is 0 Å². The van der Waals surface area contributed by atoms with Gasteiger partial charge in [0.25, 0.3) is 0 Å². The van der Waals surface area contributed by atoms with E-state index < -0.39 is 12.1 Å². The molecule has 0 aromatic heterocycles. The lowest BCUT2D eigenvalue weighted by Crippen LogP contribution is -2.45. The molecule has 0 aliphatic rings. The molecule has 0 heterocycles. The van der Waals surface area contributed by atoms with Crippen molar-refractivity contribution in [2.45, 2.75) is 334 Å². The van der Waals surface area contributed by atoms with Crippen LogP contribution in [0.3, 0.4) is 0 Å². The highest BCUT2D eigenvalue weighted by atomic mass is 16.5. The number of unbranched alkanes of at least 4 members (excludes halogenated alkanes) is 39. The zero-order chi connectivity index (χ0) is 49.3. The van der Waals surface area contributed by atoms with E-state index in [1.807, 2.05) is 0 Å². The standard InChI is InChI=1S/C62H117NO5/c1-3-5-7-9-11-13-15-17-19-20-21-23-27-30-34-38-42-46-50-54-60(65)59(58-64)63-61(66)55-51-47-43-39-35-31-28-24-22-25-29-33-37-41-45-49-53-57-68-62(67)56-52-48-44-40-36-32-26-18-16-14-12-10-8-6-4-2/h18,22,25-26,33,37,59-60,64-65H,3-17,19-21,23-24,27-32,34-36,38-58H2,1-2H3,(H,63,66)/b25-22-,26-18-,37-33-. The van der Waals surface area contributed by atoms with Crippen LogP contribution in [0.4, 0.5) is 0 Å². The fourth-order valence-corrected chi connectivity index (χ4v) is 9.25. The summed E-state index contributed by atoms with van der Waals surface area (Å²) in [6, 6.07) is -0.555. The number of hydrogen-bond donors (Lipinski definition) is 3. The minimum absolute atomic E-state index is 0.0231. The Labute approximate surface area is 424 Å². The Hall–Kier alpha value is -1.92. The molecule has 6 nitrogen and oxygen atoms in total. The molecule has 1 amide bonds. The average Bonchev–Trinajstić information content (AvgIpc) is 3.34. The molecule has 68 heavy (non-hydrogen) atoms. The van der Waals surface area contributed by atoms with E-state index in [1.165, 1.54) is 205 Å². The Balaban J connectivity index is 3.50. The second kappa shape index (κ2) is 57.7. The molecule has 0 aliphatic heterocycles. The minimum Gasteiger partial charge on any atom is -0.466 e. The van der Waals surface area contributed by atoms with Crippen molar-refractivity contribution in [1.29, 1.82) is 0 Å². The lowest BCUT2D eigenvalue weighted by Gasteiger charge is -2.22. The Bertz CT molecular complexity index is 1100. The molecule has 400 valence electrons. The summed E-state index contributed by atoms with van der Waals surface area (Å²) in [5.74, 6) is -0.0724. The van der Waals surface area contributed by atoms with E-state index in [-0.39, 0.29) is 18.5 Å². The van der Waals surface area contributed by atoms with Crippen LogP contribution < -0.4 is 5.32 Å². The number of amides is 1. The van der Waals surface area contributed by atoms with Crippen LogP contribution in [0, 0.1) is 0 Å². The molecule has 0 bridgehead atoms. The van der Waals surface area contributed by atoms with Crippen molar-refractivity contribution in [3.8, 4) is 0 Å². The Morgan fingerprint density at radius 1 is 0.412 bits per heavy atom. The maximum absolute atomic E-state index is 12.5. The fraction of sp³-hybridized carbons (Fsp3) is 0.871. The van der Waals surface area contributed by atoms with Crippen LogP contribution in [0.2, 0.25) is 0 Å². The van der Waals surface area contributed by atoms with Gasteiger partial charge >= 0.3 is 5.97 Å². The van der Waals surface area contributed by atoms with Crippen LogP contribution in [-0.2, 0) is 14.3 Å². The quantitative estimate of drug-likeness (QED) is 0.0321. The molecule has 0 radical (unpaired) electrons. The number of ether oxygens (including phenoxy) is 1. The number of hydrogen-bond acceptors (Lipinski definition) is 5. The summed E-state index contributed by atoms with van der Waals surface area (Å²) >= 11 is 0. The number of carbonyl (C=O) groups excluding carboxylic acids is 2. The predicted molar refractivity (Wildman–Crippen MR) is 296 cm³/mol. The number of esters is 1. The first-order valence-electron chi connectivity index (χ1n) is 30.2. The Morgan fingerprint density at radius 2 is 0.735 bits per heavy atom. The molecule has 0 aromatic rings. The number of nitrogens with one attached hydrogen (secondary N) is 1. The van der Waals surface area contributed by atoms with E-state index in [4.69, 9.17) is 4.74 Å². The van der Waals surface area contributed by atoms with Crippen LogP contribution in [0.25, 0.3) is 0 Å². The summed E-state index contributed by atoms with van der Waals surface area (Å²) in [7, 11) is 0. The van der Waals surface area contributed by atoms with Gasteiger partial charge in [0, 0.05) is 12.8 Å². The van der Waals surface area contributed by atoms with Crippen molar-refractivity contribution < 1.29 is 24.5 Å². The smallest absolute Gasteiger partial charge is 0.305 e. The average molecular weight is 957 g/mol. The van der Waals surface area contributed by atoms with Crippen molar-refractivity contribution in [3.63, 3.8) is 0 Å². The molecule has 2 unspecified atom stereocenters. The summed E-state index contributed by atoms with van der Waals surface area (Å²) in [5, 5.41) is 23.3. The summed E-state index contributed by atoms with van der Waals surface area (Å²) in [5.41, 5.74) is 0. The zero-order valence-electron chi connectivity index (χ0n) is 45.6. The SMILES string of the molecule is CCCCCCCC/C=C\CCCCCCCC(=O)OCCCCC/C=C\C/C=C\CCCCCCCCCC(=O)NC(CO)C(O)CCCCCCCCCCCCCCCCCCCCC. The van der Waals surface area contributed by atoms with Crippen molar-refractivity contribution >= 4 is 11.9 Å². The van der Waals surface area contributed by atoms with E-state index in [1.54, 1.807) is 0 Å².